The monoisotopic (exact) mass is 286 g/mol. The predicted molar refractivity (Wildman–Crippen MR) is 81.2 cm³/mol. The molecule has 0 fully saturated rings. The summed E-state index contributed by atoms with van der Waals surface area (Å²) in [6.45, 7) is 4.35. The molecule has 0 saturated carbocycles. The third kappa shape index (κ3) is 2.33. The minimum Gasteiger partial charge on any atom is -0.187 e. The van der Waals surface area contributed by atoms with Crippen molar-refractivity contribution in [1.82, 2.24) is 19.8 Å². The summed E-state index contributed by atoms with van der Waals surface area (Å²) in [5.74, 6) is 1.31. The van der Waals surface area contributed by atoms with E-state index in [1.165, 1.54) is 5.56 Å². The highest BCUT2D eigenvalue weighted by Crippen LogP contribution is 2.30. The average Bonchev–Trinajstić information content (AvgIpc) is 3.04. The standard InChI is InChI=1S/C15H18N4S/c1-3-8-13-16-17-15-19(13)18-14(20-15)12(4-2)11-9-6-5-7-10-11/h5-7,9-10,12H,3-4,8H2,1-2H3. The van der Waals surface area contributed by atoms with Gasteiger partial charge in [0.2, 0.25) is 4.96 Å². The van der Waals surface area contributed by atoms with Crippen molar-refractivity contribution >= 4 is 16.3 Å². The molecule has 1 unspecified atom stereocenters. The van der Waals surface area contributed by atoms with Crippen LogP contribution in [0.3, 0.4) is 0 Å². The van der Waals surface area contributed by atoms with Gasteiger partial charge in [-0.3, -0.25) is 0 Å². The Bertz CT molecular complexity index is 686. The summed E-state index contributed by atoms with van der Waals surface area (Å²) in [5, 5.41) is 14.3. The second kappa shape index (κ2) is 5.71. The van der Waals surface area contributed by atoms with Crippen LogP contribution in [-0.2, 0) is 6.42 Å². The Morgan fingerprint density at radius 3 is 2.65 bits per heavy atom. The van der Waals surface area contributed by atoms with Crippen LogP contribution >= 0.6 is 11.3 Å². The van der Waals surface area contributed by atoms with Gasteiger partial charge in [-0.25, -0.2) is 0 Å². The second-order valence-electron chi connectivity index (χ2n) is 4.87. The Labute approximate surface area is 122 Å². The van der Waals surface area contributed by atoms with E-state index in [-0.39, 0.29) is 0 Å². The minimum absolute atomic E-state index is 0.345. The van der Waals surface area contributed by atoms with Gasteiger partial charge >= 0.3 is 0 Å². The first-order valence-electron chi connectivity index (χ1n) is 7.09. The molecule has 3 rings (SSSR count). The zero-order valence-electron chi connectivity index (χ0n) is 11.8. The van der Waals surface area contributed by atoms with Crippen molar-refractivity contribution < 1.29 is 0 Å². The Balaban J connectivity index is 2.00. The molecule has 0 aliphatic rings. The lowest BCUT2D eigenvalue weighted by atomic mass is 9.97. The van der Waals surface area contributed by atoms with E-state index in [2.05, 4.69) is 48.3 Å². The van der Waals surface area contributed by atoms with E-state index in [0.29, 0.717) is 5.92 Å². The first kappa shape index (κ1) is 13.2. The van der Waals surface area contributed by atoms with Crippen LogP contribution < -0.4 is 0 Å². The maximum Gasteiger partial charge on any atom is 0.234 e. The fraction of sp³-hybridized carbons (Fsp3) is 0.400. The lowest BCUT2D eigenvalue weighted by Gasteiger charge is -2.11. The molecule has 0 aliphatic heterocycles. The van der Waals surface area contributed by atoms with E-state index in [1.54, 1.807) is 11.3 Å². The third-order valence-corrected chi connectivity index (χ3v) is 4.47. The second-order valence-corrected chi connectivity index (χ2v) is 5.86. The van der Waals surface area contributed by atoms with Crippen molar-refractivity contribution in [3.8, 4) is 0 Å². The van der Waals surface area contributed by atoms with Crippen LogP contribution in [0.5, 0.6) is 0 Å². The van der Waals surface area contributed by atoms with Gasteiger partial charge in [-0.15, -0.1) is 10.2 Å². The molecule has 0 N–H and O–H groups in total. The molecule has 0 aliphatic carbocycles. The fourth-order valence-electron chi connectivity index (χ4n) is 2.43. The van der Waals surface area contributed by atoms with Crippen molar-refractivity contribution in [2.24, 2.45) is 0 Å². The van der Waals surface area contributed by atoms with Crippen LogP contribution in [0.1, 0.15) is 49.0 Å². The molecule has 0 saturated heterocycles. The SMILES string of the molecule is CCCc1nnc2sc(C(CC)c3ccccc3)nn12. The summed E-state index contributed by atoms with van der Waals surface area (Å²) >= 11 is 1.65. The number of hydrogen-bond acceptors (Lipinski definition) is 4. The van der Waals surface area contributed by atoms with Crippen molar-refractivity contribution in [2.75, 3.05) is 0 Å². The lowest BCUT2D eigenvalue weighted by Crippen LogP contribution is -2.02. The summed E-state index contributed by atoms with van der Waals surface area (Å²) in [6.07, 6.45) is 3.02. The molecule has 5 heteroatoms. The van der Waals surface area contributed by atoms with Gasteiger partial charge in [0.25, 0.3) is 0 Å². The molecule has 104 valence electrons. The van der Waals surface area contributed by atoms with Crippen LogP contribution in [0, 0.1) is 0 Å². The summed E-state index contributed by atoms with van der Waals surface area (Å²) in [4.78, 5) is 0.901. The quantitative estimate of drug-likeness (QED) is 0.718. The first-order chi connectivity index (χ1) is 9.83. The van der Waals surface area contributed by atoms with Gasteiger partial charge in [0.05, 0.1) is 0 Å². The molecule has 2 aromatic heterocycles. The molecular weight excluding hydrogens is 268 g/mol. The van der Waals surface area contributed by atoms with Crippen LogP contribution in [0.2, 0.25) is 0 Å². The normalized spacial score (nSPS) is 12.9. The van der Waals surface area contributed by atoms with E-state index < -0.39 is 0 Å². The van der Waals surface area contributed by atoms with E-state index in [0.717, 1.165) is 35.1 Å². The third-order valence-electron chi connectivity index (χ3n) is 3.45. The van der Waals surface area contributed by atoms with Crippen molar-refractivity contribution in [1.29, 1.82) is 0 Å². The number of fused-ring (bicyclic) bond motifs is 1. The maximum absolute atomic E-state index is 4.75. The van der Waals surface area contributed by atoms with Crippen LogP contribution in [0.25, 0.3) is 4.96 Å². The zero-order chi connectivity index (χ0) is 13.9. The highest BCUT2D eigenvalue weighted by Gasteiger charge is 2.19. The summed E-state index contributed by atoms with van der Waals surface area (Å²) in [7, 11) is 0. The van der Waals surface area contributed by atoms with Gasteiger partial charge < -0.3 is 0 Å². The molecule has 0 bridgehead atoms. The van der Waals surface area contributed by atoms with Gasteiger partial charge in [0.1, 0.15) is 5.01 Å². The number of benzene rings is 1. The van der Waals surface area contributed by atoms with Gasteiger partial charge in [0.15, 0.2) is 5.82 Å². The van der Waals surface area contributed by atoms with Crippen LogP contribution in [-0.4, -0.2) is 19.8 Å². The molecule has 0 spiro atoms. The highest BCUT2D eigenvalue weighted by atomic mass is 32.1. The Morgan fingerprint density at radius 1 is 1.15 bits per heavy atom. The summed E-state index contributed by atoms with van der Waals surface area (Å²) < 4.78 is 1.91. The number of aromatic nitrogens is 4. The molecule has 3 aromatic rings. The van der Waals surface area contributed by atoms with E-state index in [9.17, 15) is 0 Å². The lowest BCUT2D eigenvalue weighted by molar-refractivity contribution is 0.717. The molecule has 0 radical (unpaired) electrons. The molecule has 0 amide bonds. The number of nitrogens with zero attached hydrogens (tertiary/aromatic N) is 4. The van der Waals surface area contributed by atoms with E-state index in [4.69, 9.17) is 5.10 Å². The van der Waals surface area contributed by atoms with E-state index in [1.807, 2.05) is 10.6 Å². The number of hydrogen-bond donors (Lipinski definition) is 0. The predicted octanol–water partition coefficient (Wildman–Crippen LogP) is 3.68. The van der Waals surface area contributed by atoms with Gasteiger partial charge in [-0.1, -0.05) is 55.5 Å². The topological polar surface area (TPSA) is 43.1 Å². The Morgan fingerprint density at radius 2 is 1.95 bits per heavy atom. The fourth-order valence-corrected chi connectivity index (χ4v) is 3.50. The Hall–Kier alpha value is -1.75. The van der Waals surface area contributed by atoms with E-state index >= 15 is 0 Å². The first-order valence-corrected chi connectivity index (χ1v) is 7.91. The summed E-state index contributed by atoms with van der Waals surface area (Å²) in [5.41, 5.74) is 1.32. The van der Waals surface area contributed by atoms with Crippen LogP contribution in [0.4, 0.5) is 0 Å². The molecule has 2 heterocycles. The van der Waals surface area contributed by atoms with Crippen molar-refractivity contribution in [3.63, 3.8) is 0 Å². The molecule has 20 heavy (non-hydrogen) atoms. The van der Waals surface area contributed by atoms with Crippen molar-refractivity contribution in [3.05, 3.63) is 46.7 Å². The zero-order valence-corrected chi connectivity index (χ0v) is 12.6. The number of rotatable bonds is 5. The van der Waals surface area contributed by atoms with Crippen LogP contribution in [0.15, 0.2) is 30.3 Å². The average molecular weight is 286 g/mol. The largest absolute Gasteiger partial charge is 0.234 e. The Kier molecular flexibility index (Phi) is 3.78. The molecule has 4 nitrogen and oxygen atoms in total. The molecular formula is C15H18N4S. The minimum atomic E-state index is 0.345. The molecule has 1 atom stereocenters. The maximum atomic E-state index is 4.75. The van der Waals surface area contributed by atoms with Gasteiger partial charge in [-0.2, -0.15) is 9.61 Å². The number of aryl methyl sites for hydroxylation is 1. The summed E-state index contributed by atoms with van der Waals surface area (Å²) in [6, 6.07) is 10.6. The van der Waals surface area contributed by atoms with Gasteiger partial charge in [0, 0.05) is 12.3 Å². The van der Waals surface area contributed by atoms with Crippen molar-refractivity contribution in [2.45, 2.75) is 39.0 Å². The molecule has 1 aromatic carbocycles. The van der Waals surface area contributed by atoms with Gasteiger partial charge in [-0.05, 0) is 18.4 Å². The smallest absolute Gasteiger partial charge is 0.187 e. The highest BCUT2D eigenvalue weighted by molar-refractivity contribution is 7.16.